The molecule has 0 saturated carbocycles. The molecule has 6 heteroatoms. The first-order valence-electron chi connectivity index (χ1n) is 5.86. The van der Waals surface area contributed by atoms with Gasteiger partial charge in [0.15, 0.2) is 0 Å². The number of benzene rings is 1. The maximum absolute atomic E-state index is 11.7. The van der Waals surface area contributed by atoms with Crippen LogP contribution in [-0.2, 0) is 14.4 Å². The van der Waals surface area contributed by atoms with Gasteiger partial charge in [-0.05, 0) is 24.3 Å². The Bertz CT molecular complexity index is 524. The van der Waals surface area contributed by atoms with E-state index in [0.717, 1.165) is 0 Å². The van der Waals surface area contributed by atoms with Crippen LogP contribution in [0.25, 0.3) is 0 Å². The van der Waals surface area contributed by atoms with Gasteiger partial charge in [-0.25, -0.2) is 0 Å². The van der Waals surface area contributed by atoms with Crippen molar-refractivity contribution in [2.24, 2.45) is 5.92 Å². The Morgan fingerprint density at radius 2 is 1.95 bits per heavy atom. The van der Waals surface area contributed by atoms with Gasteiger partial charge in [0, 0.05) is 43.2 Å². The number of amides is 2. The summed E-state index contributed by atoms with van der Waals surface area (Å²) in [5.74, 6) is -2.38. The Morgan fingerprint density at radius 3 is 2.42 bits per heavy atom. The van der Waals surface area contributed by atoms with Crippen molar-refractivity contribution >= 4 is 29.2 Å². The average Bonchev–Trinajstić information content (AvgIpc) is 2.72. The Labute approximate surface area is 110 Å². The van der Waals surface area contributed by atoms with E-state index in [0.29, 0.717) is 11.4 Å². The van der Waals surface area contributed by atoms with Crippen molar-refractivity contribution in [3.8, 4) is 0 Å². The van der Waals surface area contributed by atoms with Crippen molar-refractivity contribution in [2.75, 3.05) is 16.8 Å². The zero-order valence-corrected chi connectivity index (χ0v) is 10.4. The molecule has 0 spiro atoms. The first-order chi connectivity index (χ1) is 8.97. The third-order valence-corrected chi connectivity index (χ3v) is 2.96. The zero-order chi connectivity index (χ0) is 14.0. The number of hydrogen-bond donors (Lipinski definition) is 1. The van der Waals surface area contributed by atoms with Crippen molar-refractivity contribution in [1.29, 1.82) is 0 Å². The van der Waals surface area contributed by atoms with E-state index in [9.17, 15) is 19.5 Å². The van der Waals surface area contributed by atoms with Crippen LogP contribution in [0.15, 0.2) is 24.3 Å². The number of carbonyl (C=O) groups is 3. The van der Waals surface area contributed by atoms with Crippen LogP contribution >= 0.6 is 0 Å². The summed E-state index contributed by atoms with van der Waals surface area (Å²) in [6, 6.07) is 6.66. The van der Waals surface area contributed by atoms with Gasteiger partial charge in [0.2, 0.25) is 11.8 Å². The van der Waals surface area contributed by atoms with E-state index in [1.165, 1.54) is 11.8 Å². The van der Waals surface area contributed by atoms with Crippen molar-refractivity contribution in [2.45, 2.75) is 13.3 Å². The molecule has 0 radical (unpaired) electrons. The second-order valence-electron chi connectivity index (χ2n) is 4.45. The smallest absolute Gasteiger partial charge is 0.227 e. The molecule has 1 atom stereocenters. The fraction of sp³-hybridized carbons (Fsp3) is 0.308. The highest BCUT2D eigenvalue weighted by molar-refractivity contribution is 5.99. The first-order valence-corrected chi connectivity index (χ1v) is 5.86. The maximum Gasteiger partial charge on any atom is 0.227 e. The number of nitrogens with one attached hydrogen (secondary N) is 1. The van der Waals surface area contributed by atoms with Crippen LogP contribution in [0.2, 0.25) is 0 Å². The minimum absolute atomic E-state index is 0.0320. The van der Waals surface area contributed by atoms with Gasteiger partial charge in [0.1, 0.15) is 0 Å². The normalized spacial score (nSPS) is 18.5. The summed E-state index contributed by atoms with van der Waals surface area (Å²) in [7, 11) is 0. The van der Waals surface area contributed by atoms with E-state index in [1.807, 2.05) is 0 Å². The summed E-state index contributed by atoms with van der Waals surface area (Å²) < 4.78 is 0. The summed E-state index contributed by atoms with van der Waals surface area (Å²) >= 11 is 0. The molecule has 1 heterocycles. The van der Waals surface area contributed by atoms with Crippen LogP contribution in [0.5, 0.6) is 0 Å². The SMILES string of the molecule is CC(=O)Nc1ccc(N2CC(C(=O)[O-])CC2=O)cc1. The molecule has 1 aromatic carbocycles. The lowest BCUT2D eigenvalue weighted by Gasteiger charge is -2.17. The highest BCUT2D eigenvalue weighted by Gasteiger charge is 2.31. The van der Waals surface area contributed by atoms with Gasteiger partial charge < -0.3 is 20.1 Å². The molecule has 0 aliphatic carbocycles. The number of hydrogen-bond acceptors (Lipinski definition) is 4. The Morgan fingerprint density at radius 1 is 1.32 bits per heavy atom. The number of aliphatic carboxylic acids is 1. The molecule has 1 unspecified atom stereocenters. The van der Waals surface area contributed by atoms with Crippen LogP contribution in [0.4, 0.5) is 11.4 Å². The van der Waals surface area contributed by atoms with Crippen LogP contribution in [0.1, 0.15) is 13.3 Å². The van der Waals surface area contributed by atoms with E-state index >= 15 is 0 Å². The van der Waals surface area contributed by atoms with Crippen molar-refractivity contribution in [1.82, 2.24) is 0 Å². The van der Waals surface area contributed by atoms with E-state index < -0.39 is 11.9 Å². The van der Waals surface area contributed by atoms with Crippen LogP contribution < -0.4 is 15.3 Å². The van der Waals surface area contributed by atoms with Crippen molar-refractivity contribution < 1.29 is 19.5 Å². The maximum atomic E-state index is 11.7. The predicted molar refractivity (Wildman–Crippen MR) is 66.2 cm³/mol. The van der Waals surface area contributed by atoms with E-state index in [4.69, 9.17) is 0 Å². The molecule has 0 aromatic heterocycles. The fourth-order valence-corrected chi connectivity index (χ4v) is 2.04. The minimum Gasteiger partial charge on any atom is -0.550 e. The average molecular weight is 261 g/mol. The van der Waals surface area contributed by atoms with Crippen molar-refractivity contribution in [3.05, 3.63) is 24.3 Å². The molecule has 0 bridgehead atoms. The second-order valence-corrected chi connectivity index (χ2v) is 4.45. The number of anilines is 2. The van der Waals surface area contributed by atoms with Crippen LogP contribution in [0, 0.1) is 5.92 Å². The quantitative estimate of drug-likeness (QED) is 0.812. The van der Waals surface area contributed by atoms with Crippen molar-refractivity contribution in [3.63, 3.8) is 0 Å². The molecule has 1 N–H and O–H groups in total. The molecule has 19 heavy (non-hydrogen) atoms. The zero-order valence-electron chi connectivity index (χ0n) is 10.4. The van der Waals surface area contributed by atoms with E-state index in [2.05, 4.69) is 5.32 Å². The molecule has 1 fully saturated rings. The molecule has 1 aliphatic rings. The number of carboxylic acid groups (broad SMARTS) is 1. The number of rotatable bonds is 3. The first kappa shape index (κ1) is 13.1. The summed E-state index contributed by atoms with van der Waals surface area (Å²) in [6.45, 7) is 1.53. The monoisotopic (exact) mass is 261 g/mol. The van der Waals surface area contributed by atoms with Gasteiger partial charge in [-0.15, -0.1) is 0 Å². The Balaban J connectivity index is 2.12. The fourth-order valence-electron chi connectivity index (χ4n) is 2.04. The number of carboxylic acids is 1. The molecule has 1 aliphatic heterocycles. The summed E-state index contributed by atoms with van der Waals surface area (Å²) in [5.41, 5.74) is 1.24. The summed E-state index contributed by atoms with van der Waals surface area (Å²) in [5, 5.41) is 13.4. The third kappa shape index (κ3) is 2.90. The molecule has 1 saturated heterocycles. The molecule has 2 amide bonds. The van der Waals surface area contributed by atoms with Gasteiger partial charge in [-0.1, -0.05) is 0 Å². The van der Waals surface area contributed by atoms with Gasteiger partial charge >= 0.3 is 0 Å². The van der Waals surface area contributed by atoms with Crippen LogP contribution in [0.3, 0.4) is 0 Å². The highest BCUT2D eigenvalue weighted by atomic mass is 16.4. The molecule has 1 aromatic rings. The standard InChI is InChI=1S/C13H14N2O4/c1-8(16)14-10-2-4-11(5-3-10)15-7-9(13(18)19)6-12(15)17/h2-5,9H,6-7H2,1H3,(H,14,16)(H,18,19)/p-1. The predicted octanol–water partition coefficient (Wildman–Crippen LogP) is -0.252. The molecule has 2 rings (SSSR count). The lowest BCUT2D eigenvalue weighted by molar-refractivity contribution is -0.310. The number of carbonyl (C=O) groups excluding carboxylic acids is 3. The third-order valence-electron chi connectivity index (χ3n) is 2.96. The Kier molecular flexibility index (Phi) is 3.50. The molecular weight excluding hydrogens is 248 g/mol. The Hall–Kier alpha value is -2.37. The largest absolute Gasteiger partial charge is 0.550 e. The van der Waals surface area contributed by atoms with Gasteiger partial charge in [-0.3, -0.25) is 9.59 Å². The van der Waals surface area contributed by atoms with E-state index in [1.54, 1.807) is 24.3 Å². The lowest BCUT2D eigenvalue weighted by Crippen LogP contribution is -2.33. The molecule has 6 nitrogen and oxygen atoms in total. The van der Waals surface area contributed by atoms with Gasteiger partial charge in [0.05, 0.1) is 0 Å². The molecular formula is C13H13N2O4-. The van der Waals surface area contributed by atoms with Crippen LogP contribution in [-0.4, -0.2) is 24.3 Å². The summed E-state index contributed by atoms with van der Waals surface area (Å²) in [6.07, 6.45) is -0.0320. The highest BCUT2D eigenvalue weighted by Crippen LogP contribution is 2.25. The number of nitrogens with zero attached hydrogens (tertiary/aromatic N) is 1. The van der Waals surface area contributed by atoms with E-state index in [-0.39, 0.29) is 24.8 Å². The van der Waals surface area contributed by atoms with Gasteiger partial charge in [0.25, 0.3) is 0 Å². The molecule has 100 valence electrons. The topological polar surface area (TPSA) is 89.5 Å². The second kappa shape index (κ2) is 5.09. The summed E-state index contributed by atoms with van der Waals surface area (Å²) in [4.78, 5) is 34.8. The lowest BCUT2D eigenvalue weighted by atomic mass is 10.1. The van der Waals surface area contributed by atoms with Gasteiger partial charge in [-0.2, -0.15) is 0 Å². The minimum atomic E-state index is -1.20.